The summed E-state index contributed by atoms with van der Waals surface area (Å²) in [5, 5.41) is 12.7. The van der Waals surface area contributed by atoms with Crippen molar-refractivity contribution in [3.8, 4) is 0 Å². The van der Waals surface area contributed by atoms with Crippen molar-refractivity contribution in [2.45, 2.75) is 32.2 Å². The molecule has 0 amide bonds. The van der Waals surface area contributed by atoms with Crippen molar-refractivity contribution in [3.05, 3.63) is 0 Å². The molecule has 1 aliphatic carbocycles. The van der Waals surface area contributed by atoms with Crippen LogP contribution >= 0.6 is 0 Å². The Hall–Kier alpha value is -0.120. The summed E-state index contributed by atoms with van der Waals surface area (Å²) in [7, 11) is 0. The van der Waals surface area contributed by atoms with E-state index in [0.717, 1.165) is 19.8 Å². The van der Waals surface area contributed by atoms with Gasteiger partial charge in [0.2, 0.25) is 0 Å². The monoisotopic (exact) mass is 199 g/mol. The largest absolute Gasteiger partial charge is 0.396 e. The molecule has 1 saturated heterocycles. The molecule has 0 aromatic carbocycles. The Morgan fingerprint density at radius 3 is 2.86 bits per heavy atom. The first-order valence-corrected chi connectivity index (χ1v) is 5.68. The molecule has 2 N–H and O–H groups in total. The van der Waals surface area contributed by atoms with Crippen LogP contribution in [0.4, 0.5) is 0 Å². The molecule has 0 radical (unpaired) electrons. The minimum absolute atomic E-state index is 0.230. The van der Waals surface area contributed by atoms with E-state index in [-0.39, 0.29) is 5.41 Å². The Kier molecular flexibility index (Phi) is 3.10. The number of hydrogen-bond donors (Lipinski definition) is 2. The predicted molar refractivity (Wildman–Crippen MR) is 55.1 cm³/mol. The molecular weight excluding hydrogens is 178 g/mol. The number of rotatable bonds is 5. The van der Waals surface area contributed by atoms with Crippen LogP contribution in [0.25, 0.3) is 0 Å². The van der Waals surface area contributed by atoms with E-state index in [2.05, 4.69) is 12.2 Å². The third-order valence-electron chi connectivity index (χ3n) is 3.76. The minimum Gasteiger partial charge on any atom is -0.396 e. The van der Waals surface area contributed by atoms with Gasteiger partial charge in [0, 0.05) is 31.2 Å². The fourth-order valence-corrected chi connectivity index (χ4v) is 2.06. The van der Waals surface area contributed by atoms with Gasteiger partial charge < -0.3 is 15.2 Å². The molecule has 82 valence electrons. The summed E-state index contributed by atoms with van der Waals surface area (Å²) < 4.78 is 5.36. The molecule has 2 unspecified atom stereocenters. The van der Waals surface area contributed by atoms with Gasteiger partial charge in [-0.05, 0) is 32.1 Å². The molecule has 0 bridgehead atoms. The van der Waals surface area contributed by atoms with E-state index in [1.165, 1.54) is 19.3 Å². The Morgan fingerprint density at radius 2 is 2.36 bits per heavy atom. The van der Waals surface area contributed by atoms with E-state index in [0.29, 0.717) is 18.6 Å². The average Bonchev–Trinajstić information content (AvgIpc) is 2.78. The zero-order valence-electron chi connectivity index (χ0n) is 8.96. The maximum absolute atomic E-state index is 9.17. The second-order valence-corrected chi connectivity index (χ2v) is 4.95. The van der Waals surface area contributed by atoms with Crippen LogP contribution in [0.5, 0.6) is 0 Å². The van der Waals surface area contributed by atoms with Crippen molar-refractivity contribution in [1.29, 1.82) is 0 Å². The maximum atomic E-state index is 9.17. The number of aliphatic hydroxyl groups is 1. The topological polar surface area (TPSA) is 41.5 Å². The minimum atomic E-state index is 0.230. The van der Waals surface area contributed by atoms with Gasteiger partial charge in [-0.25, -0.2) is 0 Å². The summed E-state index contributed by atoms with van der Waals surface area (Å²) in [6.45, 7) is 5.37. The first kappa shape index (κ1) is 10.4. The molecule has 2 fully saturated rings. The van der Waals surface area contributed by atoms with E-state index in [9.17, 15) is 5.11 Å². The standard InChI is InChI=1S/C11H21NO2/c1-9(10-2-5-14-6-10)12-7-11(8-13)3-4-11/h9-10,12-13H,2-8H2,1H3. The van der Waals surface area contributed by atoms with Crippen LogP contribution in [0.2, 0.25) is 0 Å². The lowest BCUT2D eigenvalue weighted by Gasteiger charge is -2.22. The Balaban J connectivity index is 1.69. The molecule has 2 atom stereocenters. The number of nitrogens with one attached hydrogen (secondary N) is 1. The normalized spacial score (nSPS) is 31.7. The smallest absolute Gasteiger partial charge is 0.0509 e. The van der Waals surface area contributed by atoms with Gasteiger partial charge in [-0.15, -0.1) is 0 Å². The lowest BCUT2D eigenvalue weighted by atomic mass is 9.99. The quantitative estimate of drug-likeness (QED) is 0.687. The second-order valence-electron chi connectivity index (χ2n) is 4.95. The van der Waals surface area contributed by atoms with Gasteiger partial charge in [0.05, 0.1) is 6.61 Å². The SMILES string of the molecule is CC(NCC1(CO)CC1)C1CCOC1. The van der Waals surface area contributed by atoms with E-state index < -0.39 is 0 Å². The predicted octanol–water partition coefficient (Wildman–Crippen LogP) is 0.773. The highest BCUT2D eigenvalue weighted by atomic mass is 16.5. The van der Waals surface area contributed by atoms with Crippen LogP contribution in [-0.4, -0.2) is 37.5 Å². The highest BCUT2D eigenvalue weighted by molar-refractivity contribution is 4.95. The van der Waals surface area contributed by atoms with Crippen LogP contribution < -0.4 is 5.32 Å². The molecule has 3 nitrogen and oxygen atoms in total. The van der Waals surface area contributed by atoms with Crippen LogP contribution in [-0.2, 0) is 4.74 Å². The van der Waals surface area contributed by atoms with Crippen molar-refractivity contribution in [1.82, 2.24) is 5.32 Å². The van der Waals surface area contributed by atoms with Crippen LogP contribution in [0.1, 0.15) is 26.2 Å². The molecule has 1 aliphatic heterocycles. The Morgan fingerprint density at radius 1 is 1.57 bits per heavy atom. The molecule has 1 heterocycles. The summed E-state index contributed by atoms with van der Waals surface area (Å²) in [4.78, 5) is 0. The maximum Gasteiger partial charge on any atom is 0.0509 e. The highest BCUT2D eigenvalue weighted by Gasteiger charge is 2.42. The molecule has 0 spiro atoms. The van der Waals surface area contributed by atoms with Gasteiger partial charge >= 0.3 is 0 Å². The molecule has 0 aromatic heterocycles. The van der Waals surface area contributed by atoms with Gasteiger partial charge in [0.15, 0.2) is 0 Å². The second kappa shape index (κ2) is 4.17. The summed E-state index contributed by atoms with van der Waals surface area (Å²) in [5.74, 6) is 0.671. The fraction of sp³-hybridized carbons (Fsp3) is 1.00. The van der Waals surface area contributed by atoms with Crippen molar-refractivity contribution >= 4 is 0 Å². The van der Waals surface area contributed by atoms with Crippen molar-refractivity contribution in [3.63, 3.8) is 0 Å². The van der Waals surface area contributed by atoms with Gasteiger partial charge in [-0.3, -0.25) is 0 Å². The van der Waals surface area contributed by atoms with Gasteiger partial charge in [-0.2, -0.15) is 0 Å². The Bertz CT molecular complexity index is 186. The summed E-state index contributed by atoms with van der Waals surface area (Å²) >= 11 is 0. The Labute approximate surface area is 85.8 Å². The van der Waals surface area contributed by atoms with Crippen LogP contribution in [0, 0.1) is 11.3 Å². The third-order valence-corrected chi connectivity index (χ3v) is 3.76. The van der Waals surface area contributed by atoms with Crippen LogP contribution in [0.15, 0.2) is 0 Å². The fourth-order valence-electron chi connectivity index (χ4n) is 2.06. The average molecular weight is 199 g/mol. The molecule has 3 heteroatoms. The molecule has 2 aliphatic rings. The van der Waals surface area contributed by atoms with E-state index in [4.69, 9.17) is 4.74 Å². The van der Waals surface area contributed by atoms with Crippen LogP contribution in [0.3, 0.4) is 0 Å². The summed E-state index contributed by atoms with van der Waals surface area (Å²) in [6, 6.07) is 0.529. The first-order valence-electron chi connectivity index (χ1n) is 5.68. The van der Waals surface area contributed by atoms with E-state index in [1.54, 1.807) is 0 Å². The molecular formula is C11H21NO2. The highest BCUT2D eigenvalue weighted by Crippen LogP contribution is 2.44. The zero-order valence-corrected chi connectivity index (χ0v) is 8.96. The number of aliphatic hydroxyl groups excluding tert-OH is 1. The van der Waals surface area contributed by atoms with Gasteiger partial charge in [0.1, 0.15) is 0 Å². The van der Waals surface area contributed by atoms with Gasteiger partial charge in [-0.1, -0.05) is 0 Å². The van der Waals surface area contributed by atoms with Crippen molar-refractivity contribution < 1.29 is 9.84 Å². The third kappa shape index (κ3) is 2.27. The molecule has 2 rings (SSSR count). The summed E-state index contributed by atoms with van der Waals surface area (Å²) in [6.07, 6.45) is 3.55. The summed E-state index contributed by atoms with van der Waals surface area (Å²) in [5.41, 5.74) is 0.230. The van der Waals surface area contributed by atoms with Gasteiger partial charge in [0.25, 0.3) is 0 Å². The first-order chi connectivity index (χ1) is 6.76. The lowest BCUT2D eigenvalue weighted by Crippen LogP contribution is -2.38. The molecule has 1 saturated carbocycles. The van der Waals surface area contributed by atoms with Crippen molar-refractivity contribution in [2.75, 3.05) is 26.4 Å². The van der Waals surface area contributed by atoms with E-state index in [1.807, 2.05) is 0 Å². The molecule has 0 aromatic rings. The van der Waals surface area contributed by atoms with Crippen molar-refractivity contribution in [2.24, 2.45) is 11.3 Å². The number of ether oxygens (including phenoxy) is 1. The van der Waals surface area contributed by atoms with E-state index >= 15 is 0 Å². The lowest BCUT2D eigenvalue weighted by molar-refractivity contribution is 0.172. The molecule has 14 heavy (non-hydrogen) atoms. The zero-order chi connectivity index (χ0) is 10.0. The number of hydrogen-bond acceptors (Lipinski definition) is 3.